The predicted octanol–water partition coefficient (Wildman–Crippen LogP) is 2.72. The second kappa shape index (κ2) is 6.00. The van der Waals surface area contributed by atoms with Crippen LogP contribution in [0.25, 0.3) is 11.0 Å². The maximum atomic E-state index is 12.4. The van der Waals surface area contributed by atoms with Crippen LogP contribution in [0.3, 0.4) is 0 Å². The fourth-order valence-electron chi connectivity index (χ4n) is 2.31. The minimum absolute atomic E-state index is 0.208. The molecule has 0 atom stereocenters. The second-order valence-electron chi connectivity index (χ2n) is 5.12. The van der Waals surface area contributed by atoms with E-state index in [0.717, 1.165) is 9.86 Å². The van der Waals surface area contributed by atoms with Gasteiger partial charge in [0, 0.05) is 30.0 Å². The lowest BCUT2D eigenvalue weighted by molar-refractivity contribution is 0.0753. The Morgan fingerprint density at radius 3 is 2.95 bits per heavy atom. The van der Waals surface area contributed by atoms with Crippen molar-refractivity contribution in [3.63, 3.8) is 0 Å². The Labute approximate surface area is 135 Å². The largest absolute Gasteiger partial charge is 0.451 e. The molecular formula is C15H15BrN2O4. The number of hydrogen-bond donors (Lipinski definition) is 0. The first-order valence-corrected chi connectivity index (χ1v) is 7.70. The van der Waals surface area contributed by atoms with Crippen molar-refractivity contribution < 1.29 is 18.7 Å². The number of rotatable bonds is 4. The second-order valence-corrected chi connectivity index (χ2v) is 6.04. The molecule has 1 aromatic carbocycles. The molecule has 1 saturated heterocycles. The number of furan rings is 1. The number of benzene rings is 1. The van der Waals surface area contributed by atoms with Gasteiger partial charge in [-0.25, -0.2) is 4.79 Å². The van der Waals surface area contributed by atoms with Crippen molar-refractivity contribution in [3.05, 3.63) is 34.5 Å². The van der Waals surface area contributed by atoms with Crippen molar-refractivity contribution in [2.75, 3.05) is 33.3 Å². The maximum absolute atomic E-state index is 12.4. The molecule has 22 heavy (non-hydrogen) atoms. The van der Waals surface area contributed by atoms with E-state index >= 15 is 0 Å². The number of carbonyl (C=O) groups is 2. The monoisotopic (exact) mass is 366 g/mol. The number of amides is 2. The summed E-state index contributed by atoms with van der Waals surface area (Å²) in [5.74, 6) is 0.0829. The van der Waals surface area contributed by atoms with Crippen LogP contribution in [0.4, 0.5) is 4.79 Å². The quantitative estimate of drug-likeness (QED) is 0.834. The van der Waals surface area contributed by atoms with Gasteiger partial charge in [-0.2, -0.15) is 0 Å². The molecular weight excluding hydrogens is 352 g/mol. The highest BCUT2D eigenvalue weighted by molar-refractivity contribution is 9.10. The van der Waals surface area contributed by atoms with Gasteiger partial charge in [0.15, 0.2) is 5.76 Å². The molecule has 116 valence electrons. The molecule has 0 spiro atoms. The number of carbonyl (C=O) groups excluding carboxylic acids is 2. The number of fused-ring (bicyclic) bond motifs is 1. The van der Waals surface area contributed by atoms with Crippen LogP contribution >= 0.6 is 15.9 Å². The smallest absolute Gasteiger partial charge is 0.409 e. The Balaban J connectivity index is 1.67. The van der Waals surface area contributed by atoms with E-state index in [4.69, 9.17) is 9.15 Å². The summed E-state index contributed by atoms with van der Waals surface area (Å²) >= 11 is 3.39. The Morgan fingerprint density at radius 1 is 1.41 bits per heavy atom. The molecule has 2 aromatic rings. The zero-order valence-corrected chi connectivity index (χ0v) is 13.6. The van der Waals surface area contributed by atoms with E-state index in [0.29, 0.717) is 37.6 Å². The van der Waals surface area contributed by atoms with Gasteiger partial charge in [-0.3, -0.25) is 4.79 Å². The minimum atomic E-state index is -0.325. The Kier molecular flexibility index (Phi) is 4.06. The fraction of sp³-hybridized carbons (Fsp3) is 0.333. The number of halogens is 1. The van der Waals surface area contributed by atoms with Crippen LogP contribution in [0.1, 0.15) is 10.6 Å². The first-order chi connectivity index (χ1) is 10.5. The molecule has 0 aliphatic carbocycles. The highest BCUT2D eigenvalue weighted by Gasteiger charge is 2.23. The van der Waals surface area contributed by atoms with Crippen molar-refractivity contribution in [2.45, 2.75) is 0 Å². The zero-order valence-electron chi connectivity index (χ0n) is 12.0. The molecule has 1 aliphatic heterocycles. The predicted molar refractivity (Wildman–Crippen MR) is 83.8 cm³/mol. The molecule has 0 bridgehead atoms. The third-order valence-electron chi connectivity index (χ3n) is 3.59. The number of cyclic esters (lactones) is 1. The van der Waals surface area contributed by atoms with Gasteiger partial charge >= 0.3 is 6.09 Å². The normalized spacial score (nSPS) is 14.5. The molecule has 0 unspecified atom stereocenters. The summed E-state index contributed by atoms with van der Waals surface area (Å²) in [6, 6.07) is 7.30. The average Bonchev–Trinajstić information content (AvgIpc) is 3.09. The molecule has 1 aliphatic rings. The van der Waals surface area contributed by atoms with Gasteiger partial charge < -0.3 is 19.0 Å². The van der Waals surface area contributed by atoms with E-state index in [9.17, 15) is 9.59 Å². The van der Waals surface area contributed by atoms with Crippen molar-refractivity contribution in [2.24, 2.45) is 0 Å². The molecule has 2 heterocycles. The van der Waals surface area contributed by atoms with Gasteiger partial charge in [0.1, 0.15) is 12.2 Å². The van der Waals surface area contributed by atoms with Gasteiger partial charge in [-0.1, -0.05) is 15.9 Å². The maximum Gasteiger partial charge on any atom is 0.409 e. The van der Waals surface area contributed by atoms with Crippen LogP contribution in [0.5, 0.6) is 0 Å². The lowest BCUT2D eigenvalue weighted by atomic mass is 10.2. The SMILES string of the molecule is CN(CCN1CCOC1=O)C(=O)c1cc2cc(Br)ccc2o1. The Hall–Kier alpha value is -2.02. The molecule has 7 heteroatoms. The molecule has 0 radical (unpaired) electrons. The van der Waals surface area contributed by atoms with E-state index in [-0.39, 0.29) is 12.0 Å². The zero-order chi connectivity index (χ0) is 15.7. The number of hydrogen-bond acceptors (Lipinski definition) is 4. The van der Waals surface area contributed by atoms with Crippen LogP contribution in [0.2, 0.25) is 0 Å². The average molecular weight is 367 g/mol. The van der Waals surface area contributed by atoms with E-state index < -0.39 is 0 Å². The minimum Gasteiger partial charge on any atom is -0.451 e. The first-order valence-electron chi connectivity index (χ1n) is 6.91. The summed E-state index contributed by atoms with van der Waals surface area (Å²) in [5.41, 5.74) is 0.670. The fourth-order valence-corrected chi connectivity index (χ4v) is 2.69. The Bertz CT molecular complexity index is 727. The third kappa shape index (κ3) is 2.94. The van der Waals surface area contributed by atoms with Gasteiger partial charge in [-0.05, 0) is 24.3 Å². The molecule has 0 N–H and O–H groups in total. The van der Waals surface area contributed by atoms with Crippen molar-refractivity contribution in [3.8, 4) is 0 Å². The number of likely N-dealkylation sites (N-methyl/N-ethyl adjacent to an activating group) is 1. The summed E-state index contributed by atoms with van der Waals surface area (Å²) in [6.45, 7) is 1.86. The van der Waals surface area contributed by atoms with Crippen molar-refractivity contribution in [1.29, 1.82) is 0 Å². The van der Waals surface area contributed by atoms with Crippen LogP contribution < -0.4 is 0 Å². The number of ether oxygens (including phenoxy) is 1. The van der Waals surface area contributed by atoms with Crippen molar-refractivity contribution in [1.82, 2.24) is 9.80 Å². The summed E-state index contributed by atoms with van der Waals surface area (Å²) in [5, 5.41) is 0.870. The molecule has 0 saturated carbocycles. The number of nitrogens with zero attached hydrogens (tertiary/aromatic N) is 2. The molecule has 2 amide bonds. The standard InChI is InChI=1S/C15H15BrN2O4/c1-17(4-5-18-6-7-21-15(18)20)14(19)13-9-10-8-11(16)2-3-12(10)22-13/h2-3,8-9H,4-7H2,1H3. The summed E-state index contributed by atoms with van der Waals surface area (Å²) in [6.07, 6.45) is -0.325. The van der Waals surface area contributed by atoms with E-state index in [1.165, 1.54) is 0 Å². The van der Waals surface area contributed by atoms with E-state index in [2.05, 4.69) is 15.9 Å². The summed E-state index contributed by atoms with van der Waals surface area (Å²) < 4.78 is 11.4. The van der Waals surface area contributed by atoms with Crippen LogP contribution in [-0.2, 0) is 4.74 Å². The molecule has 1 aromatic heterocycles. The first kappa shape index (κ1) is 14.9. The lowest BCUT2D eigenvalue weighted by Gasteiger charge is -2.19. The highest BCUT2D eigenvalue weighted by Crippen LogP contribution is 2.24. The third-order valence-corrected chi connectivity index (χ3v) is 4.08. The van der Waals surface area contributed by atoms with Gasteiger partial charge in [0.25, 0.3) is 5.91 Å². The lowest BCUT2D eigenvalue weighted by Crippen LogP contribution is -2.36. The topological polar surface area (TPSA) is 63.0 Å². The Morgan fingerprint density at radius 2 is 2.23 bits per heavy atom. The van der Waals surface area contributed by atoms with E-state index in [1.807, 2.05) is 18.2 Å². The summed E-state index contributed by atoms with van der Waals surface area (Å²) in [7, 11) is 1.69. The molecule has 3 rings (SSSR count). The summed E-state index contributed by atoms with van der Waals surface area (Å²) in [4.78, 5) is 26.8. The van der Waals surface area contributed by atoms with Gasteiger partial charge in [0.05, 0.1) is 6.54 Å². The highest BCUT2D eigenvalue weighted by atomic mass is 79.9. The van der Waals surface area contributed by atoms with E-state index in [1.54, 1.807) is 22.9 Å². The molecule has 1 fully saturated rings. The van der Waals surface area contributed by atoms with Gasteiger partial charge in [0.2, 0.25) is 0 Å². The van der Waals surface area contributed by atoms with Crippen LogP contribution in [0, 0.1) is 0 Å². The van der Waals surface area contributed by atoms with Crippen LogP contribution in [0.15, 0.2) is 33.2 Å². The van der Waals surface area contributed by atoms with Crippen LogP contribution in [-0.4, -0.2) is 55.1 Å². The molecule has 6 nitrogen and oxygen atoms in total. The van der Waals surface area contributed by atoms with Gasteiger partial charge in [-0.15, -0.1) is 0 Å². The van der Waals surface area contributed by atoms with Crippen molar-refractivity contribution >= 4 is 38.9 Å².